The molecule has 1 aliphatic carbocycles. The zero-order chi connectivity index (χ0) is 12.6. The maximum Gasteiger partial charge on any atom is 0.254 e. The van der Waals surface area contributed by atoms with Crippen molar-refractivity contribution in [3.05, 3.63) is 29.1 Å². The third-order valence-electron chi connectivity index (χ3n) is 3.57. The number of nitrogen functional groups attached to an aromatic ring is 1. The highest BCUT2D eigenvalue weighted by atomic mass is 19.1. The van der Waals surface area contributed by atoms with Crippen molar-refractivity contribution < 1.29 is 9.18 Å². The van der Waals surface area contributed by atoms with Crippen LogP contribution in [0.4, 0.5) is 10.1 Å². The average Bonchev–Trinajstić information content (AvgIpc) is 2.21. The Kier molecular flexibility index (Phi) is 3.05. The number of nitrogens with two attached hydrogens (primary N) is 1. The van der Waals surface area contributed by atoms with Gasteiger partial charge in [-0.2, -0.15) is 0 Å². The first kappa shape index (κ1) is 11.9. The highest BCUT2D eigenvalue weighted by Gasteiger charge is 2.26. The highest BCUT2D eigenvalue weighted by Crippen LogP contribution is 2.26. The molecule has 1 saturated carbocycles. The number of hydrogen-bond acceptors (Lipinski definition) is 2. The van der Waals surface area contributed by atoms with E-state index in [1.165, 1.54) is 6.07 Å². The fraction of sp³-hybridized carbons (Fsp3) is 0.462. The van der Waals surface area contributed by atoms with Crippen molar-refractivity contribution in [1.82, 2.24) is 4.90 Å². The van der Waals surface area contributed by atoms with Crippen LogP contribution in [0.5, 0.6) is 0 Å². The summed E-state index contributed by atoms with van der Waals surface area (Å²) in [6.07, 6.45) is 3.23. The van der Waals surface area contributed by atoms with Crippen LogP contribution in [0.15, 0.2) is 12.1 Å². The third-order valence-corrected chi connectivity index (χ3v) is 3.57. The minimum atomic E-state index is -0.421. The molecular weight excluding hydrogens is 219 g/mol. The van der Waals surface area contributed by atoms with E-state index in [0.717, 1.165) is 19.3 Å². The SMILES string of the molecule is Cc1c(N)cc(C(=O)N(C)C2CCC2)cc1F. The summed E-state index contributed by atoms with van der Waals surface area (Å²) < 4.78 is 13.5. The number of halogens is 1. The number of carbonyl (C=O) groups is 1. The maximum atomic E-state index is 13.5. The van der Waals surface area contributed by atoms with Gasteiger partial charge in [-0.05, 0) is 38.3 Å². The lowest BCUT2D eigenvalue weighted by Crippen LogP contribution is -2.41. The fourth-order valence-electron chi connectivity index (χ4n) is 1.97. The van der Waals surface area contributed by atoms with Gasteiger partial charge in [-0.15, -0.1) is 0 Å². The smallest absolute Gasteiger partial charge is 0.254 e. The van der Waals surface area contributed by atoms with Gasteiger partial charge in [-0.3, -0.25) is 4.79 Å². The molecule has 3 nitrogen and oxygen atoms in total. The Morgan fingerprint density at radius 1 is 1.47 bits per heavy atom. The summed E-state index contributed by atoms with van der Waals surface area (Å²) in [4.78, 5) is 13.8. The van der Waals surface area contributed by atoms with Crippen molar-refractivity contribution >= 4 is 11.6 Å². The number of carbonyl (C=O) groups excluding carboxylic acids is 1. The van der Waals surface area contributed by atoms with E-state index in [1.807, 2.05) is 0 Å². The van der Waals surface area contributed by atoms with Crippen LogP contribution in [0.25, 0.3) is 0 Å². The molecular formula is C13H17FN2O. The topological polar surface area (TPSA) is 46.3 Å². The molecule has 0 bridgehead atoms. The lowest BCUT2D eigenvalue weighted by Gasteiger charge is -2.34. The van der Waals surface area contributed by atoms with E-state index in [2.05, 4.69) is 0 Å². The first-order chi connectivity index (χ1) is 8.00. The molecule has 0 saturated heterocycles. The van der Waals surface area contributed by atoms with E-state index in [9.17, 15) is 9.18 Å². The van der Waals surface area contributed by atoms with Crippen molar-refractivity contribution in [1.29, 1.82) is 0 Å². The lowest BCUT2D eigenvalue weighted by molar-refractivity contribution is 0.0651. The van der Waals surface area contributed by atoms with E-state index in [1.54, 1.807) is 24.9 Å². The quantitative estimate of drug-likeness (QED) is 0.801. The number of nitrogens with zero attached hydrogens (tertiary/aromatic N) is 1. The molecule has 0 aliphatic heterocycles. The van der Waals surface area contributed by atoms with Gasteiger partial charge in [-0.25, -0.2) is 4.39 Å². The van der Waals surface area contributed by atoms with E-state index in [0.29, 0.717) is 22.9 Å². The average molecular weight is 236 g/mol. The van der Waals surface area contributed by atoms with Crippen LogP contribution in [-0.4, -0.2) is 23.9 Å². The molecule has 1 aromatic rings. The largest absolute Gasteiger partial charge is 0.398 e. The zero-order valence-corrected chi connectivity index (χ0v) is 10.2. The predicted molar refractivity (Wildman–Crippen MR) is 65.3 cm³/mol. The Labute approximate surface area is 100 Å². The summed E-state index contributed by atoms with van der Waals surface area (Å²) in [6, 6.07) is 3.12. The number of amides is 1. The molecule has 0 heterocycles. The van der Waals surface area contributed by atoms with Gasteiger partial charge in [0.2, 0.25) is 0 Å². The minimum Gasteiger partial charge on any atom is -0.398 e. The zero-order valence-electron chi connectivity index (χ0n) is 10.2. The standard InChI is InChI=1S/C13H17FN2O/c1-8-11(14)6-9(7-12(8)15)13(17)16(2)10-4-3-5-10/h6-7,10H,3-5,15H2,1-2H3. The monoisotopic (exact) mass is 236 g/mol. The van der Waals surface area contributed by atoms with Gasteiger partial charge in [0.1, 0.15) is 5.82 Å². The molecule has 17 heavy (non-hydrogen) atoms. The Hall–Kier alpha value is -1.58. The van der Waals surface area contributed by atoms with Gasteiger partial charge in [0, 0.05) is 29.9 Å². The van der Waals surface area contributed by atoms with Gasteiger partial charge in [0.25, 0.3) is 5.91 Å². The lowest BCUT2D eigenvalue weighted by atomic mass is 9.91. The molecule has 1 aliphatic rings. The Morgan fingerprint density at radius 2 is 2.12 bits per heavy atom. The maximum absolute atomic E-state index is 13.5. The van der Waals surface area contributed by atoms with Crippen molar-refractivity contribution in [3.8, 4) is 0 Å². The van der Waals surface area contributed by atoms with Crippen LogP contribution < -0.4 is 5.73 Å². The summed E-state index contributed by atoms with van der Waals surface area (Å²) in [7, 11) is 1.76. The van der Waals surface area contributed by atoms with Crippen LogP contribution in [0.2, 0.25) is 0 Å². The van der Waals surface area contributed by atoms with Crippen molar-refractivity contribution in [3.63, 3.8) is 0 Å². The van der Waals surface area contributed by atoms with Crippen LogP contribution in [-0.2, 0) is 0 Å². The van der Waals surface area contributed by atoms with E-state index >= 15 is 0 Å². The van der Waals surface area contributed by atoms with Gasteiger partial charge in [0.05, 0.1) is 0 Å². The van der Waals surface area contributed by atoms with Gasteiger partial charge < -0.3 is 10.6 Å². The molecule has 4 heteroatoms. The van der Waals surface area contributed by atoms with Gasteiger partial charge in [-0.1, -0.05) is 0 Å². The molecule has 0 radical (unpaired) electrons. The Morgan fingerprint density at radius 3 is 2.59 bits per heavy atom. The molecule has 0 spiro atoms. The number of rotatable bonds is 2. The summed E-state index contributed by atoms with van der Waals surface area (Å²) in [5.74, 6) is -0.573. The van der Waals surface area contributed by atoms with Crippen LogP contribution in [0, 0.1) is 12.7 Å². The number of hydrogen-bond donors (Lipinski definition) is 1. The minimum absolute atomic E-state index is 0.152. The second-order valence-electron chi connectivity index (χ2n) is 4.67. The second kappa shape index (κ2) is 4.35. The summed E-state index contributed by atoms with van der Waals surface area (Å²) in [5.41, 5.74) is 6.73. The first-order valence-corrected chi connectivity index (χ1v) is 5.83. The Bertz CT molecular complexity index is 432. The summed E-state index contributed by atoms with van der Waals surface area (Å²) >= 11 is 0. The van der Waals surface area contributed by atoms with Crippen molar-refractivity contribution in [2.45, 2.75) is 32.2 Å². The fourth-order valence-corrected chi connectivity index (χ4v) is 1.97. The van der Waals surface area contributed by atoms with Gasteiger partial charge in [0.15, 0.2) is 0 Å². The molecule has 2 rings (SSSR count). The summed E-state index contributed by atoms with van der Waals surface area (Å²) in [5, 5.41) is 0. The molecule has 0 atom stereocenters. The number of benzene rings is 1. The molecule has 92 valence electrons. The molecule has 0 unspecified atom stereocenters. The molecule has 1 amide bonds. The number of anilines is 1. The third kappa shape index (κ3) is 2.12. The molecule has 1 aromatic carbocycles. The second-order valence-corrected chi connectivity index (χ2v) is 4.67. The van der Waals surface area contributed by atoms with Crippen LogP contribution in [0.1, 0.15) is 35.2 Å². The Balaban J connectivity index is 2.24. The highest BCUT2D eigenvalue weighted by molar-refractivity contribution is 5.95. The van der Waals surface area contributed by atoms with Crippen molar-refractivity contribution in [2.75, 3.05) is 12.8 Å². The van der Waals surface area contributed by atoms with E-state index < -0.39 is 5.82 Å². The van der Waals surface area contributed by atoms with Crippen LogP contribution >= 0.6 is 0 Å². The van der Waals surface area contributed by atoms with E-state index in [-0.39, 0.29) is 5.91 Å². The molecule has 0 aromatic heterocycles. The van der Waals surface area contributed by atoms with Gasteiger partial charge >= 0.3 is 0 Å². The van der Waals surface area contributed by atoms with E-state index in [4.69, 9.17) is 5.73 Å². The molecule has 2 N–H and O–H groups in total. The van der Waals surface area contributed by atoms with Crippen molar-refractivity contribution in [2.24, 2.45) is 0 Å². The normalized spacial score (nSPS) is 15.5. The van der Waals surface area contributed by atoms with Crippen LogP contribution in [0.3, 0.4) is 0 Å². The first-order valence-electron chi connectivity index (χ1n) is 5.83. The predicted octanol–water partition coefficient (Wildman–Crippen LogP) is 2.34. The summed E-state index contributed by atoms with van der Waals surface area (Å²) in [6.45, 7) is 1.61. The molecule has 1 fully saturated rings.